The lowest BCUT2D eigenvalue weighted by atomic mass is 9.87. The first-order valence-corrected chi connectivity index (χ1v) is 9.59. The van der Waals surface area contributed by atoms with E-state index in [1.54, 1.807) is 0 Å². The van der Waals surface area contributed by atoms with Crippen LogP contribution in [-0.4, -0.2) is 30.1 Å². The van der Waals surface area contributed by atoms with Gasteiger partial charge in [0.1, 0.15) is 12.4 Å². The van der Waals surface area contributed by atoms with Gasteiger partial charge >= 0.3 is 6.03 Å². The second kappa shape index (κ2) is 9.45. The van der Waals surface area contributed by atoms with Gasteiger partial charge < -0.3 is 15.0 Å². The number of nitrogens with zero attached hydrogens (tertiary/aromatic N) is 1. The molecule has 1 N–H and O–H groups in total. The van der Waals surface area contributed by atoms with Gasteiger partial charge in [0.05, 0.1) is 6.54 Å². The highest BCUT2D eigenvalue weighted by molar-refractivity contribution is 5.74. The first-order valence-electron chi connectivity index (χ1n) is 9.59. The molecule has 2 aromatic rings. The Kier molecular flexibility index (Phi) is 7.28. The minimum Gasteiger partial charge on any atom is -0.492 e. The van der Waals surface area contributed by atoms with Crippen LogP contribution in [0.3, 0.4) is 0 Å². The van der Waals surface area contributed by atoms with Crippen molar-refractivity contribution in [3.05, 3.63) is 65.7 Å². The third kappa shape index (κ3) is 6.63. The smallest absolute Gasteiger partial charge is 0.318 e. The second-order valence-electron chi connectivity index (χ2n) is 8.06. The maximum absolute atomic E-state index is 12.5. The number of nitrogens with one attached hydrogen (secondary N) is 1. The number of hydrogen-bond acceptors (Lipinski definition) is 2. The van der Waals surface area contributed by atoms with E-state index in [9.17, 15) is 4.79 Å². The largest absolute Gasteiger partial charge is 0.492 e. The van der Waals surface area contributed by atoms with E-state index in [-0.39, 0.29) is 17.5 Å². The molecule has 0 aliphatic carbocycles. The van der Waals surface area contributed by atoms with Crippen LogP contribution < -0.4 is 10.1 Å². The normalized spacial score (nSPS) is 11.3. The Hall–Kier alpha value is -2.49. The number of rotatable bonds is 7. The van der Waals surface area contributed by atoms with E-state index in [2.05, 4.69) is 38.2 Å². The monoisotopic (exact) mass is 368 g/mol. The highest BCUT2D eigenvalue weighted by Gasteiger charge is 2.17. The Morgan fingerprint density at radius 2 is 1.67 bits per heavy atom. The van der Waals surface area contributed by atoms with Crippen molar-refractivity contribution in [3.63, 3.8) is 0 Å². The summed E-state index contributed by atoms with van der Waals surface area (Å²) in [5.41, 5.74) is 2.53. The maximum Gasteiger partial charge on any atom is 0.318 e. The lowest BCUT2D eigenvalue weighted by Gasteiger charge is -2.27. The standard InChI is InChI=1S/C23H32N2O2/c1-18(2)25(17-19-9-7-6-8-10-19)22(26)24-15-16-27-21-13-11-20(12-14-21)23(3,4)5/h6-14,18H,15-17H2,1-5H3,(H,24,26). The fraction of sp³-hybridized carbons (Fsp3) is 0.435. The van der Waals surface area contributed by atoms with Crippen molar-refractivity contribution < 1.29 is 9.53 Å². The Balaban J connectivity index is 1.80. The number of urea groups is 1. The van der Waals surface area contributed by atoms with E-state index in [0.717, 1.165) is 11.3 Å². The van der Waals surface area contributed by atoms with Crippen LogP contribution in [0, 0.1) is 0 Å². The van der Waals surface area contributed by atoms with E-state index < -0.39 is 0 Å². The van der Waals surface area contributed by atoms with Crippen LogP contribution in [0.4, 0.5) is 4.79 Å². The summed E-state index contributed by atoms with van der Waals surface area (Å²) in [6.07, 6.45) is 0. The van der Waals surface area contributed by atoms with Gasteiger partial charge in [-0.3, -0.25) is 0 Å². The molecule has 146 valence electrons. The van der Waals surface area contributed by atoms with E-state index in [0.29, 0.717) is 19.7 Å². The first-order chi connectivity index (χ1) is 12.8. The van der Waals surface area contributed by atoms with Gasteiger partial charge in [0, 0.05) is 12.6 Å². The topological polar surface area (TPSA) is 41.6 Å². The van der Waals surface area contributed by atoms with E-state index >= 15 is 0 Å². The van der Waals surface area contributed by atoms with Crippen molar-refractivity contribution in [1.82, 2.24) is 10.2 Å². The van der Waals surface area contributed by atoms with Gasteiger partial charge in [0.15, 0.2) is 0 Å². The van der Waals surface area contributed by atoms with Crippen molar-refractivity contribution in [3.8, 4) is 5.75 Å². The molecular weight excluding hydrogens is 336 g/mol. The second-order valence-corrected chi connectivity index (χ2v) is 8.06. The van der Waals surface area contributed by atoms with Crippen LogP contribution in [0.1, 0.15) is 45.7 Å². The highest BCUT2D eigenvalue weighted by atomic mass is 16.5. The molecule has 0 aliphatic rings. The van der Waals surface area contributed by atoms with Crippen LogP contribution in [0.5, 0.6) is 5.75 Å². The zero-order valence-corrected chi connectivity index (χ0v) is 17.2. The molecule has 0 unspecified atom stereocenters. The fourth-order valence-corrected chi connectivity index (χ4v) is 2.75. The third-order valence-corrected chi connectivity index (χ3v) is 4.45. The molecule has 2 rings (SSSR count). The number of benzene rings is 2. The van der Waals surface area contributed by atoms with Gasteiger partial charge in [-0.1, -0.05) is 63.2 Å². The average Bonchev–Trinajstić information content (AvgIpc) is 2.63. The predicted octanol–water partition coefficient (Wildman–Crippen LogP) is 4.98. The molecular formula is C23H32N2O2. The van der Waals surface area contributed by atoms with Gasteiger partial charge in [0.25, 0.3) is 0 Å². The molecule has 0 fully saturated rings. The summed E-state index contributed by atoms with van der Waals surface area (Å²) < 4.78 is 5.75. The Bertz CT molecular complexity index is 703. The highest BCUT2D eigenvalue weighted by Crippen LogP contribution is 2.24. The van der Waals surface area contributed by atoms with E-state index in [1.807, 2.05) is 61.2 Å². The number of ether oxygens (including phenoxy) is 1. The molecule has 27 heavy (non-hydrogen) atoms. The molecule has 4 heteroatoms. The average molecular weight is 369 g/mol. The number of carbonyl (C=O) groups is 1. The summed E-state index contributed by atoms with van der Waals surface area (Å²) in [6.45, 7) is 12.1. The van der Waals surface area contributed by atoms with Gasteiger partial charge in [0.2, 0.25) is 0 Å². The summed E-state index contributed by atoms with van der Waals surface area (Å²) in [5.74, 6) is 0.822. The van der Waals surface area contributed by atoms with Crippen molar-refractivity contribution in [1.29, 1.82) is 0 Å². The van der Waals surface area contributed by atoms with Gasteiger partial charge in [-0.2, -0.15) is 0 Å². The molecule has 2 amide bonds. The Morgan fingerprint density at radius 3 is 2.22 bits per heavy atom. The quantitative estimate of drug-likeness (QED) is 0.700. The molecule has 0 heterocycles. The summed E-state index contributed by atoms with van der Waals surface area (Å²) >= 11 is 0. The molecule has 2 aromatic carbocycles. The molecule has 0 saturated carbocycles. The zero-order valence-electron chi connectivity index (χ0n) is 17.2. The van der Waals surface area contributed by atoms with E-state index in [1.165, 1.54) is 5.56 Å². The van der Waals surface area contributed by atoms with Crippen LogP contribution in [0.15, 0.2) is 54.6 Å². The number of amides is 2. The summed E-state index contributed by atoms with van der Waals surface area (Å²) in [7, 11) is 0. The Morgan fingerprint density at radius 1 is 1.04 bits per heavy atom. The van der Waals surface area contributed by atoms with Gasteiger partial charge in [-0.05, 0) is 42.5 Å². The molecule has 0 spiro atoms. The number of hydrogen-bond donors (Lipinski definition) is 1. The van der Waals surface area contributed by atoms with Crippen LogP contribution in [0.2, 0.25) is 0 Å². The number of carbonyl (C=O) groups excluding carboxylic acids is 1. The summed E-state index contributed by atoms with van der Waals surface area (Å²) in [4.78, 5) is 14.3. The predicted molar refractivity (Wildman–Crippen MR) is 111 cm³/mol. The molecule has 4 nitrogen and oxygen atoms in total. The van der Waals surface area contributed by atoms with E-state index in [4.69, 9.17) is 4.74 Å². The molecule has 0 aliphatic heterocycles. The van der Waals surface area contributed by atoms with Crippen molar-refractivity contribution in [2.24, 2.45) is 0 Å². The van der Waals surface area contributed by atoms with Crippen LogP contribution in [-0.2, 0) is 12.0 Å². The van der Waals surface area contributed by atoms with Crippen molar-refractivity contribution in [2.45, 2.75) is 52.6 Å². The summed E-state index contributed by atoms with van der Waals surface area (Å²) in [5, 5.41) is 2.95. The maximum atomic E-state index is 12.5. The first kappa shape index (κ1) is 20.8. The Labute approximate surface area is 163 Å². The SMILES string of the molecule is CC(C)N(Cc1ccccc1)C(=O)NCCOc1ccc(C(C)(C)C)cc1. The molecule has 0 saturated heterocycles. The minimum absolute atomic E-state index is 0.0690. The van der Waals surface area contributed by atoms with Crippen LogP contribution in [0.25, 0.3) is 0 Å². The van der Waals surface area contributed by atoms with Crippen molar-refractivity contribution >= 4 is 6.03 Å². The summed E-state index contributed by atoms with van der Waals surface area (Å²) in [6, 6.07) is 18.2. The lowest BCUT2D eigenvalue weighted by molar-refractivity contribution is 0.177. The third-order valence-electron chi connectivity index (χ3n) is 4.45. The zero-order chi connectivity index (χ0) is 19.9. The fourth-order valence-electron chi connectivity index (χ4n) is 2.75. The van der Waals surface area contributed by atoms with Gasteiger partial charge in [-0.15, -0.1) is 0 Å². The minimum atomic E-state index is -0.0690. The molecule has 0 bridgehead atoms. The van der Waals surface area contributed by atoms with Crippen molar-refractivity contribution in [2.75, 3.05) is 13.2 Å². The lowest BCUT2D eigenvalue weighted by Crippen LogP contribution is -2.44. The van der Waals surface area contributed by atoms with Gasteiger partial charge in [-0.25, -0.2) is 4.79 Å². The molecule has 0 atom stereocenters. The molecule has 0 aromatic heterocycles. The molecule has 0 radical (unpaired) electrons. The van der Waals surface area contributed by atoms with Crippen LogP contribution >= 0.6 is 0 Å².